The molecule has 0 bridgehead atoms. The largest absolute Gasteiger partial charge is 0.472 e. The first kappa shape index (κ1) is 62.5. The summed E-state index contributed by atoms with van der Waals surface area (Å²) in [7, 11) is -9.73. The number of rotatable bonds is 44. The number of aliphatic hydroxyl groups excluding tert-OH is 2. The quantitative estimate of drug-likeness (QED) is 0.0126. The van der Waals surface area contributed by atoms with E-state index in [2.05, 4.69) is 42.0 Å². The summed E-state index contributed by atoms with van der Waals surface area (Å²) in [6, 6.07) is 0. The molecule has 0 saturated heterocycles. The van der Waals surface area contributed by atoms with Crippen LogP contribution in [0.25, 0.3) is 0 Å². The zero-order valence-corrected chi connectivity index (χ0v) is 41.6. The second kappa shape index (κ2) is 42.8. The SMILES string of the molecule is CC/C=C\C/C=C\CC(O)/C=C/C=C\C/C=C\C/C=C\CCC(=O)O[C@H](COC(=O)CCCCCCCCCCCCCCCCCC(C)C)COP(=O)(O)OC[C@@H](O)COP(=O)(O)O. The van der Waals surface area contributed by atoms with Crippen LogP contribution in [-0.4, -0.2) is 81.6 Å². The molecular weight excluding hydrogens is 874 g/mol. The van der Waals surface area contributed by atoms with Crippen molar-refractivity contribution in [3.8, 4) is 0 Å². The molecule has 0 aliphatic rings. The molecule has 0 aromatic rings. The molecule has 0 rings (SSSR count). The minimum Gasteiger partial charge on any atom is -0.462 e. The number of allylic oxidation sites excluding steroid dienone is 10. The summed E-state index contributed by atoms with van der Waals surface area (Å²) < 4.78 is 47.8. The van der Waals surface area contributed by atoms with Crippen LogP contribution in [-0.2, 0) is 41.8 Å². The molecule has 0 spiro atoms. The highest BCUT2D eigenvalue weighted by molar-refractivity contribution is 7.47. The van der Waals surface area contributed by atoms with Crippen molar-refractivity contribution in [2.75, 3.05) is 26.4 Å². The monoisotopic (exact) mass is 961 g/mol. The Morgan fingerprint density at radius 2 is 1.06 bits per heavy atom. The van der Waals surface area contributed by atoms with E-state index in [0.717, 1.165) is 44.4 Å². The van der Waals surface area contributed by atoms with Crippen molar-refractivity contribution in [1.29, 1.82) is 0 Å². The van der Waals surface area contributed by atoms with Crippen LogP contribution in [0, 0.1) is 5.92 Å². The third-order valence-corrected chi connectivity index (χ3v) is 11.3. The van der Waals surface area contributed by atoms with Crippen LogP contribution in [0.4, 0.5) is 0 Å². The van der Waals surface area contributed by atoms with E-state index in [4.69, 9.17) is 23.8 Å². The number of aliphatic hydroxyl groups is 2. The number of hydrogen-bond donors (Lipinski definition) is 5. The average molecular weight is 961 g/mol. The van der Waals surface area contributed by atoms with Gasteiger partial charge in [-0.25, -0.2) is 9.13 Å². The van der Waals surface area contributed by atoms with Crippen molar-refractivity contribution >= 4 is 27.6 Å². The van der Waals surface area contributed by atoms with Gasteiger partial charge in [-0.2, -0.15) is 0 Å². The minimum absolute atomic E-state index is 0.0187. The van der Waals surface area contributed by atoms with E-state index >= 15 is 0 Å². The Bertz CT molecular complexity index is 1450. The fourth-order valence-electron chi connectivity index (χ4n) is 6.23. The molecule has 4 atom stereocenters. The van der Waals surface area contributed by atoms with Gasteiger partial charge in [-0.3, -0.25) is 23.2 Å². The molecule has 0 aliphatic heterocycles. The van der Waals surface area contributed by atoms with E-state index in [-0.39, 0.29) is 12.8 Å². The van der Waals surface area contributed by atoms with Crippen LogP contribution in [0.2, 0.25) is 0 Å². The van der Waals surface area contributed by atoms with Gasteiger partial charge in [0.15, 0.2) is 6.10 Å². The Morgan fingerprint density at radius 1 is 0.554 bits per heavy atom. The number of carbonyl (C=O) groups excluding carboxylic acids is 2. The van der Waals surface area contributed by atoms with Crippen molar-refractivity contribution in [2.24, 2.45) is 5.92 Å². The zero-order chi connectivity index (χ0) is 48.3. The molecule has 5 N–H and O–H groups in total. The number of phosphoric ester groups is 2. The number of esters is 2. The summed E-state index contributed by atoms with van der Waals surface area (Å²) in [6.07, 6.45) is 43.6. The number of phosphoric acid groups is 2. The van der Waals surface area contributed by atoms with E-state index in [1.165, 1.54) is 77.0 Å². The van der Waals surface area contributed by atoms with E-state index < -0.39 is 72.3 Å². The topological polar surface area (TPSA) is 216 Å². The summed E-state index contributed by atoms with van der Waals surface area (Å²) in [5.74, 6) is -0.347. The van der Waals surface area contributed by atoms with Crippen molar-refractivity contribution < 1.29 is 66.7 Å². The van der Waals surface area contributed by atoms with Crippen LogP contribution in [0.3, 0.4) is 0 Å². The highest BCUT2D eigenvalue weighted by Crippen LogP contribution is 2.43. The van der Waals surface area contributed by atoms with Crippen LogP contribution in [0.1, 0.15) is 175 Å². The zero-order valence-electron chi connectivity index (χ0n) is 39.8. The fourth-order valence-corrected chi connectivity index (χ4v) is 7.39. The van der Waals surface area contributed by atoms with Gasteiger partial charge in [0.1, 0.15) is 12.7 Å². The smallest absolute Gasteiger partial charge is 0.462 e. The maximum atomic E-state index is 12.7. The fraction of sp³-hybridized carbons (Fsp3) is 0.714. The molecule has 0 aliphatic carbocycles. The molecule has 0 radical (unpaired) electrons. The van der Waals surface area contributed by atoms with Gasteiger partial charge in [0, 0.05) is 12.8 Å². The molecule has 14 nitrogen and oxygen atoms in total. The van der Waals surface area contributed by atoms with Gasteiger partial charge >= 0.3 is 27.6 Å². The molecule has 0 amide bonds. The lowest BCUT2D eigenvalue weighted by molar-refractivity contribution is -0.161. The molecule has 0 saturated carbocycles. The first-order valence-corrected chi connectivity index (χ1v) is 27.1. The van der Waals surface area contributed by atoms with Gasteiger partial charge < -0.3 is 34.4 Å². The number of ether oxygens (including phenoxy) is 2. The third-order valence-electron chi connectivity index (χ3n) is 9.87. The van der Waals surface area contributed by atoms with Gasteiger partial charge in [0.2, 0.25) is 0 Å². The Morgan fingerprint density at radius 3 is 1.65 bits per heavy atom. The number of carbonyl (C=O) groups is 2. The molecule has 2 unspecified atom stereocenters. The summed E-state index contributed by atoms with van der Waals surface area (Å²) in [5, 5.41) is 19.8. The summed E-state index contributed by atoms with van der Waals surface area (Å²) in [6.45, 7) is 3.83. The van der Waals surface area contributed by atoms with Gasteiger partial charge in [-0.1, -0.05) is 190 Å². The predicted octanol–water partition coefficient (Wildman–Crippen LogP) is 11.8. The first-order valence-electron chi connectivity index (χ1n) is 24.1. The highest BCUT2D eigenvalue weighted by atomic mass is 31.2. The normalized spacial score (nSPS) is 15.1. The Hall–Kier alpha value is -2.48. The number of hydrogen-bond acceptors (Lipinski definition) is 11. The summed E-state index contributed by atoms with van der Waals surface area (Å²) in [5.41, 5.74) is 0. The van der Waals surface area contributed by atoms with Crippen LogP contribution in [0.15, 0.2) is 72.9 Å². The van der Waals surface area contributed by atoms with Crippen LogP contribution < -0.4 is 0 Å². The van der Waals surface area contributed by atoms with Gasteiger partial charge in [-0.05, 0) is 50.9 Å². The van der Waals surface area contributed by atoms with E-state index in [1.54, 1.807) is 6.08 Å². The van der Waals surface area contributed by atoms with E-state index in [9.17, 15) is 33.8 Å². The highest BCUT2D eigenvalue weighted by Gasteiger charge is 2.28. The van der Waals surface area contributed by atoms with Crippen LogP contribution >= 0.6 is 15.6 Å². The lowest BCUT2D eigenvalue weighted by atomic mass is 10.0. The summed E-state index contributed by atoms with van der Waals surface area (Å²) >= 11 is 0. The Balaban J connectivity index is 4.62. The minimum atomic E-state index is -4.88. The maximum Gasteiger partial charge on any atom is 0.472 e. The molecule has 0 aromatic heterocycles. The number of unbranched alkanes of at least 4 members (excludes halogenated alkanes) is 14. The molecule has 0 fully saturated rings. The van der Waals surface area contributed by atoms with Gasteiger partial charge in [-0.15, -0.1) is 0 Å². The Labute approximate surface area is 391 Å². The second-order valence-electron chi connectivity index (χ2n) is 16.7. The first-order chi connectivity index (χ1) is 31.1. The standard InChI is InChI=1S/C49H86O14P2/c1-4-5-6-7-26-31-36-45(50)37-32-27-22-18-15-16-20-24-29-34-39-49(53)63-47(43-62-65(57,58)61-41-46(51)40-60-64(54,55)56)42-59-48(52)38-33-28-23-19-14-12-10-8-9-11-13-17-21-25-30-35-44(2)3/h5-6,15-16,22,24,26-27,29,31-32,37,44-47,50-51H,4,7-14,17-21,23,25,28,30,33-36,38-43H2,1-3H3,(H,57,58)(H2,54,55,56)/b6-5-,16-15-,27-22-,29-24-,31-26-,37-32+/t45?,46-,47+/m0/s1. The molecule has 0 heterocycles. The lowest BCUT2D eigenvalue weighted by Gasteiger charge is -2.20. The molecule has 376 valence electrons. The average Bonchev–Trinajstić information content (AvgIpc) is 3.25. The van der Waals surface area contributed by atoms with Crippen molar-refractivity contribution in [3.63, 3.8) is 0 Å². The predicted molar refractivity (Wildman–Crippen MR) is 259 cm³/mol. The van der Waals surface area contributed by atoms with Crippen molar-refractivity contribution in [3.05, 3.63) is 72.9 Å². The lowest BCUT2D eigenvalue weighted by Crippen LogP contribution is -2.29. The Kier molecular flexibility index (Phi) is 41.2. The van der Waals surface area contributed by atoms with E-state index in [0.29, 0.717) is 25.7 Å². The molecular formula is C49H86O14P2. The van der Waals surface area contributed by atoms with Crippen molar-refractivity contribution in [1.82, 2.24) is 0 Å². The second-order valence-corrected chi connectivity index (χ2v) is 19.4. The van der Waals surface area contributed by atoms with Gasteiger partial charge in [0.05, 0.1) is 25.9 Å². The third kappa shape index (κ3) is 47.8. The van der Waals surface area contributed by atoms with E-state index in [1.807, 2.05) is 54.7 Å². The molecule has 65 heavy (non-hydrogen) atoms. The molecule has 16 heteroatoms. The molecule has 0 aromatic carbocycles. The maximum absolute atomic E-state index is 12.7. The van der Waals surface area contributed by atoms with Crippen molar-refractivity contribution in [2.45, 2.75) is 193 Å². The van der Waals surface area contributed by atoms with Crippen LogP contribution in [0.5, 0.6) is 0 Å². The van der Waals surface area contributed by atoms with Gasteiger partial charge in [0.25, 0.3) is 0 Å². The summed E-state index contributed by atoms with van der Waals surface area (Å²) in [4.78, 5) is 52.8.